The van der Waals surface area contributed by atoms with E-state index in [2.05, 4.69) is 10.4 Å². The van der Waals surface area contributed by atoms with Crippen molar-refractivity contribution in [3.05, 3.63) is 75.5 Å². The molecule has 1 amide bonds. The molecule has 0 spiro atoms. The maximum Gasteiger partial charge on any atom is 0.224 e. The molecule has 26 heavy (non-hydrogen) atoms. The van der Waals surface area contributed by atoms with Crippen molar-refractivity contribution >= 4 is 34.8 Å². The zero-order chi connectivity index (χ0) is 18.7. The van der Waals surface area contributed by atoms with Gasteiger partial charge in [-0.15, -0.1) is 0 Å². The number of benzene rings is 2. The van der Waals surface area contributed by atoms with Crippen molar-refractivity contribution in [3.63, 3.8) is 0 Å². The number of amides is 1. The third-order valence-electron chi connectivity index (χ3n) is 3.98. The number of carbonyl (C=O) groups excluding carboxylic acids is 1. The quantitative estimate of drug-likeness (QED) is 0.639. The molecule has 0 unspecified atom stereocenters. The second kappa shape index (κ2) is 7.94. The maximum absolute atomic E-state index is 12.1. The van der Waals surface area contributed by atoms with E-state index in [9.17, 15) is 4.79 Å². The summed E-state index contributed by atoms with van der Waals surface area (Å²) in [4.78, 5) is 12.1. The Balaban J connectivity index is 1.59. The van der Waals surface area contributed by atoms with Crippen molar-refractivity contribution in [2.45, 2.75) is 26.7 Å². The van der Waals surface area contributed by atoms with E-state index in [1.54, 1.807) is 18.2 Å². The summed E-state index contributed by atoms with van der Waals surface area (Å²) in [5.41, 5.74) is 4.79. The molecule has 0 aliphatic heterocycles. The second-order valence-corrected chi connectivity index (χ2v) is 7.08. The van der Waals surface area contributed by atoms with E-state index in [0.29, 0.717) is 28.6 Å². The van der Waals surface area contributed by atoms with Crippen molar-refractivity contribution in [1.82, 2.24) is 9.78 Å². The van der Waals surface area contributed by atoms with Crippen LogP contribution in [-0.2, 0) is 11.2 Å². The lowest BCUT2D eigenvalue weighted by molar-refractivity contribution is -0.116. The second-order valence-electron chi connectivity index (χ2n) is 6.21. The van der Waals surface area contributed by atoms with Crippen LogP contribution in [-0.4, -0.2) is 15.7 Å². The van der Waals surface area contributed by atoms with Gasteiger partial charge in [0.25, 0.3) is 0 Å². The molecule has 0 aliphatic carbocycles. The van der Waals surface area contributed by atoms with Crippen molar-refractivity contribution < 1.29 is 4.79 Å². The van der Waals surface area contributed by atoms with Gasteiger partial charge in [0.2, 0.25) is 5.91 Å². The number of aromatic nitrogens is 2. The first kappa shape index (κ1) is 18.5. The van der Waals surface area contributed by atoms with Crippen LogP contribution < -0.4 is 5.32 Å². The molecule has 0 fully saturated rings. The Morgan fingerprint density at radius 2 is 1.69 bits per heavy atom. The highest BCUT2D eigenvalue weighted by atomic mass is 35.5. The van der Waals surface area contributed by atoms with Gasteiger partial charge in [0.05, 0.1) is 11.4 Å². The Morgan fingerprint density at radius 3 is 2.27 bits per heavy atom. The van der Waals surface area contributed by atoms with Gasteiger partial charge >= 0.3 is 0 Å². The molecule has 1 aromatic heterocycles. The number of nitrogens with zero attached hydrogens (tertiary/aromatic N) is 2. The Bertz CT molecular complexity index is 912. The molecule has 0 saturated carbocycles. The van der Waals surface area contributed by atoms with Gasteiger partial charge in [-0.2, -0.15) is 5.10 Å². The number of nitrogens with one attached hydrogen (secondary N) is 1. The molecule has 0 saturated heterocycles. The summed E-state index contributed by atoms with van der Waals surface area (Å²) in [7, 11) is 0. The smallest absolute Gasteiger partial charge is 0.224 e. The minimum atomic E-state index is -0.0778. The van der Waals surface area contributed by atoms with E-state index in [4.69, 9.17) is 23.2 Å². The average Bonchev–Trinajstić information content (AvgIpc) is 2.91. The number of hydrogen-bond acceptors (Lipinski definition) is 2. The van der Waals surface area contributed by atoms with Gasteiger partial charge in [-0.25, -0.2) is 4.68 Å². The molecule has 2 aromatic carbocycles. The normalized spacial score (nSPS) is 10.8. The van der Waals surface area contributed by atoms with Crippen LogP contribution in [0.2, 0.25) is 10.0 Å². The molecule has 0 atom stereocenters. The minimum Gasteiger partial charge on any atom is -0.326 e. The lowest BCUT2D eigenvalue weighted by Gasteiger charge is -2.08. The minimum absolute atomic E-state index is 0.0778. The van der Waals surface area contributed by atoms with Gasteiger partial charge in [-0.3, -0.25) is 4.79 Å². The standard InChI is InChI=1S/C20H19Cl2N3O/c1-13-9-14(2)25(24-13)19-6-3-15(4-7-19)5-8-20(26)23-18-11-16(21)10-17(22)12-18/h3-4,6-7,9-12H,5,8H2,1-2H3,(H,23,26). The predicted octanol–water partition coefficient (Wildman–Crippen LogP) is 5.37. The number of anilines is 1. The first-order valence-corrected chi connectivity index (χ1v) is 9.05. The van der Waals surface area contributed by atoms with Gasteiger partial charge in [-0.05, 0) is 62.2 Å². The van der Waals surface area contributed by atoms with Crippen LogP contribution >= 0.6 is 23.2 Å². The summed E-state index contributed by atoms with van der Waals surface area (Å²) < 4.78 is 1.91. The molecule has 1 N–H and O–H groups in total. The molecule has 4 nitrogen and oxygen atoms in total. The fourth-order valence-electron chi connectivity index (χ4n) is 2.80. The summed E-state index contributed by atoms with van der Waals surface area (Å²) in [6.07, 6.45) is 1.03. The van der Waals surface area contributed by atoms with Gasteiger partial charge in [-0.1, -0.05) is 35.3 Å². The third-order valence-corrected chi connectivity index (χ3v) is 4.41. The predicted molar refractivity (Wildman–Crippen MR) is 106 cm³/mol. The largest absolute Gasteiger partial charge is 0.326 e. The highest BCUT2D eigenvalue weighted by Crippen LogP contribution is 2.22. The summed E-state index contributed by atoms with van der Waals surface area (Å²) in [6.45, 7) is 4.00. The van der Waals surface area contributed by atoms with E-state index < -0.39 is 0 Å². The summed E-state index contributed by atoms with van der Waals surface area (Å²) in [6, 6.07) is 15.1. The zero-order valence-corrected chi connectivity index (χ0v) is 16.1. The van der Waals surface area contributed by atoms with Crippen molar-refractivity contribution in [3.8, 4) is 5.69 Å². The van der Waals surface area contributed by atoms with E-state index in [-0.39, 0.29) is 5.91 Å². The molecule has 3 aromatic rings. The molecule has 3 rings (SSSR count). The SMILES string of the molecule is Cc1cc(C)n(-c2ccc(CCC(=O)Nc3cc(Cl)cc(Cl)c3)cc2)n1. The first-order chi connectivity index (χ1) is 12.4. The molecular formula is C20H19Cl2N3O. The first-order valence-electron chi connectivity index (χ1n) is 8.29. The monoisotopic (exact) mass is 387 g/mol. The Labute approximate surface area is 162 Å². The van der Waals surface area contributed by atoms with E-state index in [0.717, 1.165) is 22.6 Å². The van der Waals surface area contributed by atoms with E-state index in [1.165, 1.54) is 0 Å². The molecular weight excluding hydrogens is 369 g/mol. The van der Waals surface area contributed by atoms with Gasteiger partial charge in [0, 0.05) is 27.8 Å². The van der Waals surface area contributed by atoms with E-state index in [1.807, 2.05) is 48.9 Å². The average molecular weight is 388 g/mol. The Kier molecular flexibility index (Phi) is 5.64. The topological polar surface area (TPSA) is 46.9 Å². The fraction of sp³-hybridized carbons (Fsp3) is 0.200. The molecule has 1 heterocycles. The molecule has 6 heteroatoms. The van der Waals surface area contributed by atoms with Gasteiger partial charge < -0.3 is 5.32 Å². The summed E-state index contributed by atoms with van der Waals surface area (Å²) >= 11 is 11.9. The highest BCUT2D eigenvalue weighted by molar-refractivity contribution is 6.35. The lowest BCUT2D eigenvalue weighted by atomic mass is 10.1. The highest BCUT2D eigenvalue weighted by Gasteiger charge is 2.07. The number of rotatable bonds is 5. The van der Waals surface area contributed by atoms with Crippen molar-refractivity contribution in [2.24, 2.45) is 0 Å². The molecule has 0 radical (unpaired) electrons. The van der Waals surface area contributed by atoms with Gasteiger partial charge in [0.15, 0.2) is 0 Å². The van der Waals surface area contributed by atoms with Crippen molar-refractivity contribution in [1.29, 1.82) is 0 Å². The van der Waals surface area contributed by atoms with Crippen molar-refractivity contribution in [2.75, 3.05) is 5.32 Å². The van der Waals surface area contributed by atoms with E-state index >= 15 is 0 Å². The number of halogens is 2. The Hall–Kier alpha value is -2.30. The molecule has 0 aliphatic rings. The van der Waals surface area contributed by atoms with Crippen LogP contribution in [0, 0.1) is 13.8 Å². The van der Waals surface area contributed by atoms with Crippen LogP contribution in [0.25, 0.3) is 5.69 Å². The molecule has 134 valence electrons. The third kappa shape index (κ3) is 4.65. The zero-order valence-electron chi connectivity index (χ0n) is 14.6. The summed E-state index contributed by atoms with van der Waals surface area (Å²) in [5.74, 6) is -0.0778. The van der Waals surface area contributed by atoms with Crippen LogP contribution in [0.4, 0.5) is 5.69 Å². The van der Waals surface area contributed by atoms with Crippen LogP contribution in [0.1, 0.15) is 23.4 Å². The molecule has 0 bridgehead atoms. The van der Waals surface area contributed by atoms with Crippen LogP contribution in [0.3, 0.4) is 0 Å². The lowest BCUT2D eigenvalue weighted by Crippen LogP contribution is -2.12. The van der Waals surface area contributed by atoms with Crippen LogP contribution in [0.5, 0.6) is 0 Å². The van der Waals surface area contributed by atoms with Crippen LogP contribution in [0.15, 0.2) is 48.5 Å². The van der Waals surface area contributed by atoms with Gasteiger partial charge in [0.1, 0.15) is 0 Å². The number of hydrogen-bond donors (Lipinski definition) is 1. The number of aryl methyl sites for hydroxylation is 3. The summed E-state index contributed by atoms with van der Waals surface area (Å²) in [5, 5.41) is 8.28. The fourth-order valence-corrected chi connectivity index (χ4v) is 3.33. The number of carbonyl (C=O) groups is 1. The Morgan fingerprint density at radius 1 is 1.04 bits per heavy atom. The maximum atomic E-state index is 12.1.